The monoisotopic (exact) mass is 321 g/mol. The Labute approximate surface area is 125 Å². The molecule has 2 heterocycles. The molecule has 0 fully saturated rings. The number of nitrogens with one attached hydrogen (secondary N) is 1. The maximum atomic E-state index is 12.2. The molecule has 3 rings (SSSR count). The third-order valence-corrected chi connectivity index (χ3v) is 4.23. The van der Waals surface area contributed by atoms with Crippen LogP contribution in [0.1, 0.15) is 0 Å². The molecule has 0 saturated carbocycles. The van der Waals surface area contributed by atoms with Gasteiger partial charge in [-0.2, -0.15) is 0 Å². The van der Waals surface area contributed by atoms with Crippen LogP contribution in [0.3, 0.4) is 0 Å². The van der Waals surface area contributed by atoms with E-state index in [1.807, 2.05) is 0 Å². The molecule has 0 aliphatic rings. The van der Waals surface area contributed by atoms with Gasteiger partial charge in [0.15, 0.2) is 5.76 Å². The number of hydrogen-bond acceptors (Lipinski definition) is 6. The first-order chi connectivity index (χ1) is 10.5. The van der Waals surface area contributed by atoms with Crippen LogP contribution in [0.15, 0.2) is 62.5 Å². The minimum absolute atomic E-state index is 0.00941. The molecule has 114 valence electrons. The second-order valence-corrected chi connectivity index (χ2v) is 6.04. The van der Waals surface area contributed by atoms with Crippen LogP contribution < -0.4 is 4.72 Å². The summed E-state index contributed by atoms with van der Waals surface area (Å²) in [6, 6.07) is 10.6. The molecule has 0 aliphatic carbocycles. The predicted molar refractivity (Wildman–Crippen MR) is 77.0 cm³/mol. The van der Waals surface area contributed by atoms with E-state index in [1.54, 1.807) is 24.3 Å². The summed E-state index contributed by atoms with van der Waals surface area (Å²) in [6.45, 7) is 0. The van der Waals surface area contributed by atoms with Crippen LogP contribution >= 0.6 is 0 Å². The van der Waals surface area contributed by atoms with E-state index >= 15 is 0 Å². The Kier molecular flexibility index (Phi) is 3.30. The van der Waals surface area contributed by atoms with E-state index in [2.05, 4.69) is 4.72 Å². The SMILES string of the molecule is O=S(=O)(Nc1oc(-c2ccco2)c(O)c1O)c1ccccc1. The molecule has 0 spiro atoms. The third-order valence-electron chi connectivity index (χ3n) is 2.88. The Morgan fingerprint density at radius 2 is 1.68 bits per heavy atom. The molecule has 0 radical (unpaired) electrons. The number of benzene rings is 1. The molecule has 0 aliphatic heterocycles. The molecule has 0 atom stereocenters. The Morgan fingerprint density at radius 3 is 2.32 bits per heavy atom. The maximum absolute atomic E-state index is 12.2. The molecule has 0 bridgehead atoms. The van der Waals surface area contributed by atoms with Gasteiger partial charge < -0.3 is 19.0 Å². The van der Waals surface area contributed by atoms with Crippen molar-refractivity contribution in [2.75, 3.05) is 4.72 Å². The Bertz CT molecular complexity index is 881. The van der Waals surface area contributed by atoms with Gasteiger partial charge in [-0.05, 0) is 24.3 Å². The first-order valence-corrected chi connectivity index (χ1v) is 7.64. The molecule has 3 aromatic rings. The maximum Gasteiger partial charge on any atom is 0.264 e. The summed E-state index contributed by atoms with van der Waals surface area (Å²) in [5.41, 5.74) is 0. The molecule has 0 unspecified atom stereocenters. The largest absolute Gasteiger partial charge is 0.501 e. The quantitative estimate of drug-likeness (QED) is 0.681. The lowest BCUT2D eigenvalue weighted by atomic mass is 10.3. The predicted octanol–water partition coefficient (Wildman–Crippen LogP) is 2.75. The van der Waals surface area contributed by atoms with E-state index in [9.17, 15) is 18.6 Å². The number of hydrogen-bond donors (Lipinski definition) is 3. The van der Waals surface area contributed by atoms with Crippen LogP contribution in [-0.2, 0) is 10.0 Å². The minimum Gasteiger partial charge on any atom is -0.501 e. The van der Waals surface area contributed by atoms with Crippen LogP contribution in [0.2, 0.25) is 0 Å². The van der Waals surface area contributed by atoms with Gasteiger partial charge in [-0.25, -0.2) is 13.1 Å². The second kappa shape index (κ2) is 5.15. The second-order valence-electron chi connectivity index (χ2n) is 4.35. The van der Waals surface area contributed by atoms with Gasteiger partial charge in [-0.3, -0.25) is 0 Å². The van der Waals surface area contributed by atoms with Gasteiger partial charge in [0, 0.05) is 0 Å². The fourth-order valence-electron chi connectivity index (χ4n) is 1.84. The van der Waals surface area contributed by atoms with Crippen LogP contribution in [0.4, 0.5) is 5.88 Å². The van der Waals surface area contributed by atoms with Crippen molar-refractivity contribution in [3.63, 3.8) is 0 Å². The molecule has 0 amide bonds. The fourth-order valence-corrected chi connectivity index (χ4v) is 2.85. The average Bonchev–Trinajstić information content (AvgIpc) is 3.12. The topological polar surface area (TPSA) is 113 Å². The van der Waals surface area contributed by atoms with Gasteiger partial charge in [0.2, 0.25) is 17.3 Å². The highest BCUT2D eigenvalue weighted by Crippen LogP contribution is 2.45. The van der Waals surface area contributed by atoms with Gasteiger partial charge in [-0.15, -0.1) is 0 Å². The summed E-state index contributed by atoms with van der Waals surface area (Å²) < 4.78 is 36.6. The molecule has 2 aromatic heterocycles. The number of aromatic hydroxyl groups is 2. The Morgan fingerprint density at radius 1 is 0.955 bits per heavy atom. The van der Waals surface area contributed by atoms with Crippen LogP contribution in [0.25, 0.3) is 11.5 Å². The average molecular weight is 321 g/mol. The molecular weight excluding hydrogens is 310 g/mol. The molecule has 8 heteroatoms. The summed E-state index contributed by atoms with van der Waals surface area (Å²) in [4.78, 5) is -0.00941. The number of furan rings is 2. The van der Waals surface area contributed by atoms with E-state index in [-0.39, 0.29) is 16.4 Å². The van der Waals surface area contributed by atoms with Gasteiger partial charge >= 0.3 is 0 Å². The van der Waals surface area contributed by atoms with Crippen molar-refractivity contribution < 1.29 is 27.5 Å². The third kappa shape index (κ3) is 2.40. The number of rotatable bonds is 4. The van der Waals surface area contributed by atoms with Crippen molar-refractivity contribution in [1.29, 1.82) is 0 Å². The smallest absolute Gasteiger partial charge is 0.264 e. The molecule has 1 aromatic carbocycles. The first kappa shape index (κ1) is 14.1. The highest BCUT2D eigenvalue weighted by atomic mass is 32.2. The van der Waals surface area contributed by atoms with Crippen molar-refractivity contribution in [2.24, 2.45) is 0 Å². The molecule has 7 nitrogen and oxygen atoms in total. The van der Waals surface area contributed by atoms with Crippen molar-refractivity contribution in [3.8, 4) is 23.0 Å². The summed E-state index contributed by atoms with van der Waals surface area (Å²) in [5.74, 6) is -1.84. The van der Waals surface area contributed by atoms with E-state index in [0.717, 1.165) is 0 Å². The van der Waals surface area contributed by atoms with E-state index in [1.165, 1.54) is 24.5 Å². The number of anilines is 1. The normalized spacial score (nSPS) is 11.5. The van der Waals surface area contributed by atoms with E-state index < -0.39 is 27.4 Å². The van der Waals surface area contributed by atoms with E-state index in [0.29, 0.717) is 0 Å². The van der Waals surface area contributed by atoms with Gasteiger partial charge in [0.05, 0.1) is 11.2 Å². The Balaban J connectivity index is 1.99. The van der Waals surface area contributed by atoms with Crippen molar-refractivity contribution in [2.45, 2.75) is 4.90 Å². The first-order valence-electron chi connectivity index (χ1n) is 6.15. The lowest BCUT2D eigenvalue weighted by Gasteiger charge is -2.05. The van der Waals surface area contributed by atoms with Gasteiger partial charge in [-0.1, -0.05) is 18.2 Å². The lowest BCUT2D eigenvalue weighted by Crippen LogP contribution is -2.12. The van der Waals surface area contributed by atoms with Crippen molar-refractivity contribution >= 4 is 15.9 Å². The summed E-state index contributed by atoms with van der Waals surface area (Å²) in [5, 5.41) is 19.6. The zero-order valence-corrected chi connectivity index (χ0v) is 11.9. The summed E-state index contributed by atoms with van der Waals surface area (Å²) >= 11 is 0. The highest BCUT2D eigenvalue weighted by Gasteiger charge is 2.26. The van der Waals surface area contributed by atoms with Crippen molar-refractivity contribution in [1.82, 2.24) is 0 Å². The van der Waals surface area contributed by atoms with E-state index in [4.69, 9.17) is 8.83 Å². The number of sulfonamides is 1. The fraction of sp³-hybridized carbons (Fsp3) is 0. The summed E-state index contributed by atoms with van der Waals surface area (Å²) in [7, 11) is -3.95. The van der Waals surface area contributed by atoms with Gasteiger partial charge in [0.25, 0.3) is 15.9 Å². The van der Waals surface area contributed by atoms with Crippen LogP contribution in [-0.4, -0.2) is 18.6 Å². The zero-order chi connectivity index (χ0) is 15.7. The zero-order valence-electron chi connectivity index (χ0n) is 11.1. The van der Waals surface area contributed by atoms with Crippen molar-refractivity contribution in [3.05, 3.63) is 48.7 Å². The Hall–Kier alpha value is -2.87. The molecular formula is C14H11NO6S. The molecule has 22 heavy (non-hydrogen) atoms. The lowest BCUT2D eigenvalue weighted by molar-refractivity contribution is 0.409. The van der Waals surface area contributed by atoms with Gasteiger partial charge in [0.1, 0.15) is 0 Å². The minimum atomic E-state index is -3.95. The highest BCUT2D eigenvalue weighted by molar-refractivity contribution is 7.92. The summed E-state index contributed by atoms with van der Waals surface area (Å²) in [6.07, 6.45) is 1.35. The molecule has 3 N–H and O–H groups in total. The standard InChI is InChI=1S/C14H11NO6S/c16-11-12(17)14(21-13(11)10-7-4-8-20-10)15-22(18,19)9-5-2-1-3-6-9/h1-8,15-17H. The molecule has 0 saturated heterocycles. The van der Waals surface area contributed by atoms with Crippen LogP contribution in [0.5, 0.6) is 11.5 Å². The van der Waals surface area contributed by atoms with Crippen LogP contribution in [0, 0.1) is 0 Å².